The van der Waals surface area contributed by atoms with Crippen molar-refractivity contribution < 1.29 is 13.9 Å². The number of fused-ring (bicyclic) bond motifs is 1. The lowest BCUT2D eigenvalue weighted by Gasteiger charge is -2.11. The zero-order valence-corrected chi connectivity index (χ0v) is 15.5. The second-order valence-electron chi connectivity index (χ2n) is 5.85. The number of hydrogen-bond acceptors (Lipinski definition) is 4. The molecule has 0 atom stereocenters. The number of aryl methyl sites for hydroxylation is 1. The monoisotopic (exact) mass is 378 g/mol. The Kier molecular flexibility index (Phi) is 5.65. The molecule has 2 aromatic rings. The zero-order chi connectivity index (χ0) is 17.8. The minimum atomic E-state index is -0.351. The van der Waals surface area contributed by atoms with E-state index in [9.17, 15) is 9.18 Å². The van der Waals surface area contributed by atoms with Crippen molar-refractivity contribution in [1.82, 2.24) is 0 Å². The molecule has 25 heavy (non-hydrogen) atoms. The third-order valence-corrected chi connectivity index (χ3v) is 5.53. The van der Waals surface area contributed by atoms with Gasteiger partial charge in [0.05, 0.1) is 12.7 Å². The number of methoxy groups -OCH3 is 1. The number of ether oxygens (including phenoxy) is 1. The van der Waals surface area contributed by atoms with Crippen LogP contribution in [-0.4, -0.2) is 18.2 Å². The minimum Gasteiger partial charge on any atom is -0.465 e. The van der Waals surface area contributed by atoms with E-state index in [1.54, 1.807) is 23.5 Å². The van der Waals surface area contributed by atoms with Crippen LogP contribution in [-0.2, 0) is 17.6 Å². The van der Waals surface area contributed by atoms with Crippen molar-refractivity contribution >= 4 is 45.3 Å². The molecule has 4 nitrogen and oxygen atoms in total. The standard InChI is InChI=1S/C18H19FN2O2S2/c1-23-17(22)15-13-8-3-2-4-9-14(13)25-16(15)21-18(24)20-12-7-5-6-11(19)10-12/h5-7,10H,2-4,8-9H2,1H3,(H2,20,21,24). The molecule has 0 saturated heterocycles. The molecular weight excluding hydrogens is 359 g/mol. The molecule has 2 N–H and O–H groups in total. The first-order chi connectivity index (χ1) is 12.1. The summed E-state index contributed by atoms with van der Waals surface area (Å²) >= 11 is 6.87. The van der Waals surface area contributed by atoms with Crippen LogP contribution in [0.5, 0.6) is 0 Å². The van der Waals surface area contributed by atoms with Crippen LogP contribution in [0.4, 0.5) is 15.1 Å². The van der Waals surface area contributed by atoms with E-state index < -0.39 is 0 Å². The van der Waals surface area contributed by atoms with Crippen LogP contribution in [0.3, 0.4) is 0 Å². The fourth-order valence-corrected chi connectivity index (χ4v) is 4.55. The summed E-state index contributed by atoms with van der Waals surface area (Å²) in [5, 5.41) is 7.03. The highest BCUT2D eigenvalue weighted by molar-refractivity contribution is 7.80. The Bertz CT molecular complexity index is 804. The molecule has 3 rings (SSSR count). The molecule has 1 aliphatic carbocycles. The van der Waals surface area contributed by atoms with E-state index >= 15 is 0 Å². The fourth-order valence-electron chi connectivity index (χ4n) is 2.98. The first-order valence-corrected chi connectivity index (χ1v) is 9.37. The summed E-state index contributed by atoms with van der Waals surface area (Å²) in [5.74, 6) is -0.693. The summed E-state index contributed by atoms with van der Waals surface area (Å²) in [6.45, 7) is 0. The van der Waals surface area contributed by atoms with E-state index in [4.69, 9.17) is 17.0 Å². The average molecular weight is 378 g/mol. The van der Waals surface area contributed by atoms with Crippen molar-refractivity contribution in [2.45, 2.75) is 32.1 Å². The molecule has 0 bridgehead atoms. The first-order valence-electron chi connectivity index (χ1n) is 8.15. The Morgan fingerprint density at radius 1 is 1.24 bits per heavy atom. The summed E-state index contributed by atoms with van der Waals surface area (Å²) < 4.78 is 18.3. The van der Waals surface area contributed by atoms with Gasteiger partial charge in [-0.2, -0.15) is 0 Å². The van der Waals surface area contributed by atoms with Gasteiger partial charge < -0.3 is 15.4 Å². The molecule has 1 heterocycles. The molecular formula is C18H19FN2O2S2. The molecule has 0 fully saturated rings. The largest absolute Gasteiger partial charge is 0.465 e. The number of thiophene rings is 1. The molecule has 0 amide bonds. The Balaban J connectivity index is 1.83. The number of rotatable bonds is 3. The van der Waals surface area contributed by atoms with Crippen LogP contribution in [0.1, 0.15) is 40.1 Å². The van der Waals surface area contributed by atoms with E-state index in [0.29, 0.717) is 21.4 Å². The maximum absolute atomic E-state index is 13.3. The lowest BCUT2D eigenvalue weighted by atomic mass is 10.1. The maximum Gasteiger partial charge on any atom is 0.341 e. The molecule has 0 aliphatic heterocycles. The SMILES string of the molecule is COC(=O)c1c(NC(=S)Nc2cccc(F)c2)sc2c1CCCCC2. The van der Waals surface area contributed by atoms with Crippen LogP contribution >= 0.6 is 23.6 Å². The number of nitrogens with one attached hydrogen (secondary N) is 2. The number of benzene rings is 1. The average Bonchev–Trinajstić information content (AvgIpc) is 2.75. The highest BCUT2D eigenvalue weighted by atomic mass is 32.1. The lowest BCUT2D eigenvalue weighted by Crippen LogP contribution is -2.20. The van der Waals surface area contributed by atoms with E-state index in [1.807, 2.05) is 0 Å². The van der Waals surface area contributed by atoms with Crippen LogP contribution in [0.15, 0.2) is 24.3 Å². The number of carbonyl (C=O) groups is 1. The number of anilines is 2. The van der Waals surface area contributed by atoms with Gasteiger partial charge in [0.2, 0.25) is 0 Å². The van der Waals surface area contributed by atoms with Crippen molar-refractivity contribution in [3.63, 3.8) is 0 Å². The third kappa shape index (κ3) is 4.16. The normalized spacial score (nSPS) is 13.5. The summed E-state index contributed by atoms with van der Waals surface area (Å²) in [6.07, 6.45) is 5.21. The first kappa shape index (κ1) is 17.8. The number of carbonyl (C=O) groups excluding carboxylic acids is 1. The van der Waals surface area contributed by atoms with Crippen molar-refractivity contribution in [3.05, 3.63) is 46.1 Å². The molecule has 132 valence electrons. The van der Waals surface area contributed by atoms with Crippen LogP contribution in [0.25, 0.3) is 0 Å². The Hall–Kier alpha value is -1.99. The van der Waals surface area contributed by atoms with E-state index in [0.717, 1.165) is 31.2 Å². The van der Waals surface area contributed by atoms with Crippen LogP contribution in [0.2, 0.25) is 0 Å². The molecule has 7 heteroatoms. The lowest BCUT2D eigenvalue weighted by molar-refractivity contribution is 0.0601. The van der Waals surface area contributed by atoms with Gasteiger partial charge in [0.15, 0.2) is 5.11 Å². The molecule has 1 aliphatic rings. The molecule has 0 unspecified atom stereocenters. The summed E-state index contributed by atoms with van der Waals surface area (Å²) in [4.78, 5) is 13.5. The predicted molar refractivity (Wildman–Crippen MR) is 103 cm³/mol. The van der Waals surface area contributed by atoms with Gasteiger partial charge in [-0.3, -0.25) is 0 Å². The quantitative estimate of drug-likeness (QED) is 0.458. The van der Waals surface area contributed by atoms with Crippen molar-refractivity contribution in [1.29, 1.82) is 0 Å². The van der Waals surface area contributed by atoms with Gasteiger partial charge in [-0.05, 0) is 61.7 Å². The summed E-state index contributed by atoms with van der Waals surface area (Å²) in [5.41, 5.74) is 2.20. The zero-order valence-electron chi connectivity index (χ0n) is 13.9. The predicted octanol–water partition coefficient (Wildman–Crippen LogP) is 4.75. The third-order valence-electron chi connectivity index (χ3n) is 4.12. The molecule has 0 radical (unpaired) electrons. The van der Waals surface area contributed by atoms with Crippen molar-refractivity contribution in [3.8, 4) is 0 Å². The topological polar surface area (TPSA) is 50.4 Å². The van der Waals surface area contributed by atoms with Crippen LogP contribution in [0, 0.1) is 5.82 Å². The van der Waals surface area contributed by atoms with Gasteiger partial charge in [0, 0.05) is 10.6 Å². The highest BCUT2D eigenvalue weighted by Crippen LogP contribution is 2.38. The molecule has 1 aromatic carbocycles. The number of halogens is 1. The second kappa shape index (κ2) is 7.93. The smallest absolute Gasteiger partial charge is 0.341 e. The Labute approximate surface area is 155 Å². The minimum absolute atomic E-state index is 0.312. The van der Waals surface area contributed by atoms with Gasteiger partial charge in [-0.1, -0.05) is 12.5 Å². The van der Waals surface area contributed by atoms with Gasteiger partial charge in [-0.15, -0.1) is 11.3 Å². The van der Waals surface area contributed by atoms with E-state index in [1.165, 1.54) is 30.5 Å². The Morgan fingerprint density at radius 2 is 2.04 bits per heavy atom. The summed E-state index contributed by atoms with van der Waals surface area (Å²) in [6, 6.07) is 6.06. The van der Waals surface area contributed by atoms with Gasteiger partial charge in [0.25, 0.3) is 0 Å². The highest BCUT2D eigenvalue weighted by Gasteiger charge is 2.25. The van der Waals surface area contributed by atoms with Crippen molar-refractivity contribution in [2.75, 3.05) is 17.7 Å². The number of thiocarbonyl (C=S) groups is 1. The van der Waals surface area contributed by atoms with Gasteiger partial charge >= 0.3 is 5.97 Å². The van der Waals surface area contributed by atoms with E-state index in [-0.39, 0.29) is 11.8 Å². The number of esters is 1. The van der Waals surface area contributed by atoms with Crippen LogP contribution < -0.4 is 10.6 Å². The number of hydrogen-bond donors (Lipinski definition) is 2. The summed E-state index contributed by atoms with van der Waals surface area (Å²) in [7, 11) is 1.39. The molecule has 0 saturated carbocycles. The maximum atomic E-state index is 13.3. The molecule has 0 spiro atoms. The van der Waals surface area contributed by atoms with Gasteiger partial charge in [-0.25, -0.2) is 9.18 Å². The fraction of sp³-hybridized carbons (Fsp3) is 0.333. The van der Waals surface area contributed by atoms with Gasteiger partial charge in [0.1, 0.15) is 10.8 Å². The molecule has 1 aromatic heterocycles. The van der Waals surface area contributed by atoms with E-state index in [2.05, 4.69) is 10.6 Å². The van der Waals surface area contributed by atoms with Crippen molar-refractivity contribution in [2.24, 2.45) is 0 Å². The Morgan fingerprint density at radius 3 is 2.80 bits per heavy atom. The second-order valence-corrected chi connectivity index (χ2v) is 7.36.